The highest BCUT2D eigenvalue weighted by molar-refractivity contribution is 6.04. The molecule has 0 saturated carbocycles. The molecule has 146 valence electrons. The van der Waals surface area contributed by atoms with E-state index < -0.39 is 11.7 Å². The fraction of sp³-hybridized carbons (Fsp3) is 0.0909. The van der Waals surface area contributed by atoms with E-state index in [0.717, 1.165) is 5.56 Å². The van der Waals surface area contributed by atoms with Crippen LogP contribution in [0.25, 0.3) is 0 Å². The van der Waals surface area contributed by atoms with Gasteiger partial charge >= 0.3 is 0 Å². The van der Waals surface area contributed by atoms with Gasteiger partial charge in [-0.05, 0) is 54.1 Å². The Balaban J connectivity index is 1.38. The molecule has 7 heteroatoms. The van der Waals surface area contributed by atoms with Gasteiger partial charge in [-0.3, -0.25) is 9.59 Å². The van der Waals surface area contributed by atoms with Crippen molar-refractivity contribution in [2.75, 3.05) is 12.1 Å². The summed E-state index contributed by atoms with van der Waals surface area (Å²) in [6, 6.07) is 17.5. The van der Waals surface area contributed by atoms with E-state index in [1.807, 2.05) is 6.07 Å². The van der Waals surface area contributed by atoms with E-state index in [-0.39, 0.29) is 24.8 Å². The SMILES string of the molecule is O=C(NCc1cccc(NC(=O)c2cccc(F)c2)c1)c1ccc2c(c1)OCO2. The molecular weight excluding hydrogens is 375 g/mol. The number of rotatable bonds is 5. The molecule has 0 radical (unpaired) electrons. The molecule has 0 unspecified atom stereocenters. The fourth-order valence-electron chi connectivity index (χ4n) is 2.91. The Morgan fingerprint density at radius 3 is 2.52 bits per heavy atom. The van der Waals surface area contributed by atoms with Crippen LogP contribution in [0.5, 0.6) is 11.5 Å². The minimum absolute atomic E-state index is 0.147. The van der Waals surface area contributed by atoms with Crippen LogP contribution in [0.15, 0.2) is 66.7 Å². The molecule has 3 aromatic rings. The first-order valence-corrected chi connectivity index (χ1v) is 8.92. The van der Waals surface area contributed by atoms with Crippen molar-refractivity contribution in [3.8, 4) is 11.5 Å². The molecule has 4 rings (SSSR count). The highest BCUT2D eigenvalue weighted by Crippen LogP contribution is 2.32. The van der Waals surface area contributed by atoms with Crippen LogP contribution < -0.4 is 20.1 Å². The normalized spacial score (nSPS) is 11.8. The molecule has 29 heavy (non-hydrogen) atoms. The van der Waals surface area contributed by atoms with Gasteiger partial charge < -0.3 is 20.1 Å². The highest BCUT2D eigenvalue weighted by Gasteiger charge is 2.16. The minimum atomic E-state index is -0.474. The summed E-state index contributed by atoms with van der Waals surface area (Å²) in [6.45, 7) is 0.422. The lowest BCUT2D eigenvalue weighted by Gasteiger charge is -2.09. The van der Waals surface area contributed by atoms with E-state index in [4.69, 9.17) is 9.47 Å². The van der Waals surface area contributed by atoms with Crippen molar-refractivity contribution in [1.29, 1.82) is 0 Å². The van der Waals surface area contributed by atoms with Gasteiger partial charge in [-0.2, -0.15) is 0 Å². The van der Waals surface area contributed by atoms with Gasteiger partial charge in [0.05, 0.1) is 0 Å². The maximum absolute atomic E-state index is 13.3. The Morgan fingerprint density at radius 2 is 1.66 bits per heavy atom. The molecule has 3 aromatic carbocycles. The standard InChI is InChI=1S/C22H17FN2O4/c23-17-5-2-4-15(10-17)22(27)25-18-6-1-3-14(9-18)12-24-21(26)16-7-8-19-20(11-16)29-13-28-19/h1-11H,12-13H2,(H,24,26)(H,25,27). The van der Waals surface area contributed by atoms with Crippen LogP contribution in [0.1, 0.15) is 26.3 Å². The van der Waals surface area contributed by atoms with Gasteiger partial charge in [-0.25, -0.2) is 4.39 Å². The third-order valence-electron chi connectivity index (χ3n) is 4.36. The van der Waals surface area contributed by atoms with E-state index in [1.54, 1.807) is 36.4 Å². The Bertz CT molecular complexity index is 1080. The Hall–Kier alpha value is -3.87. The summed E-state index contributed by atoms with van der Waals surface area (Å²) in [5.41, 5.74) is 2.04. The maximum Gasteiger partial charge on any atom is 0.255 e. The first-order valence-electron chi connectivity index (χ1n) is 8.92. The van der Waals surface area contributed by atoms with Crippen molar-refractivity contribution in [1.82, 2.24) is 5.32 Å². The zero-order chi connectivity index (χ0) is 20.2. The number of hydrogen-bond acceptors (Lipinski definition) is 4. The first kappa shape index (κ1) is 18.5. The van der Waals surface area contributed by atoms with Gasteiger partial charge in [0.15, 0.2) is 11.5 Å². The second-order valence-corrected chi connectivity index (χ2v) is 6.42. The second kappa shape index (κ2) is 8.02. The summed E-state index contributed by atoms with van der Waals surface area (Å²) in [5, 5.41) is 5.55. The molecule has 0 aromatic heterocycles. The molecule has 0 aliphatic carbocycles. The van der Waals surface area contributed by atoms with Gasteiger partial charge in [0.2, 0.25) is 6.79 Å². The molecule has 1 aliphatic rings. The summed E-state index contributed by atoms with van der Waals surface area (Å²) < 4.78 is 23.8. The number of benzene rings is 3. The molecule has 0 fully saturated rings. The third kappa shape index (κ3) is 4.35. The zero-order valence-corrected chi connectivity index (χ0v) is 15.3. The number of amides is 2. The van der Waals surface area contributed by atoms with Crippen molar-refractivity contribution in [2.45, 2.75) is 6.54 Å². The van der Waals surface area contributed by atoms with Gasteiger partial charge in [0, 0.05) is 23.4 Å². The number of halogens is 1. The van der Waals surface area contributed by atoms with E-state index >= 15 is 0 Å². The molecular formula is C22H17FN2O4. The van der Waals surface area contributed by atoms with Gasteiger partial charge in [0.25, 0.3) is 11.8 Å². The zero-order valence-electron chi connectivity index (χ0n) is 15.3. The quantitative estimate of drug-likeness (QED) is 0.694. The molecule has 1 aliphatic heterocycles. The third-order valence-corrected chi connectivity index (χ3v) is 4.36. The van der Waals surface area contributed by atoms with Gasteiger partial charge in [0.1, 0.15) is 5.82 Å². The van der Waals surface area contributed by atoms with E-state index in [1.165, 1.54) is 24.3 Å². The summed E-state index contributed by atoms with van der Waals surface area (Å²) in [7, 11) is 0. The average molecular weight is 392 g/mol. The van der Waals surface area contributed by atoms with Crippen LogP contribution in [0.2, 0.25) is 0 Å². The smallest absolute Gasteiger partial charge is 0.255 e. The summed E-state index contributed by atoms with van der Waals surface area (Å²) in [4.78, 5) is 24.6. The highest BCUT2D eigenvalue weighted by atomic mass is 19.1. The van der Waals surface area contributed by atoms with E-state index in [9.17, 15) is 14.0 Å². The predicted octanol–water partition coefficient (Wildman–Crippen LogP) is 3.74. The number of fused-ring (bicyclic) bond motifs is 1. The maximum atomic E-state index is 13.3. The topological polar surface area (TPSA) is 76.7 Å². The van der Waals surface area contributed by atoms with Crippen LogP contribution in [0.4, 0.5) is 10.1 Å². The van der Waals surface area contributed by atoms with Crippen molar-refractivity contribution in [3.05, 3.63) is 89.2 Å². The lowest BCUT2D eigenvalue weighted by atomic mass is 10.1. The summed E-state index contributed by atoms with van der Waals surface area (Å²) >= 11 is 0. The van der Waals surface area contributed by atoms with Crippen LogP contribution in [0.3, 0.4) is 0 Å². The molecule has 0 atom stereocenters. The Labute approximate surface area is 166 Å². The molecule has 0 saturated heterocycles. The Kier molecular flexibility index (Phi) is 5.11. The van der Waals surface area contributed by atoms with Crippen LogP contribution in [-0.2, 0) is 6.54 Å². The first-order chi connectivity index (χ1) is 14.1. The number of anilines is 1. The number of carbonyl (C=O) groups excluding carboxylic acids is 2. The van der Waals surface area contributed by atoms with E-state index in [2.05, 4.69) is 10.6 Å². The van der Waals surface area contributed by atoms with E-state index in [0.29, 0.717) is 22.7 Å². The Morgan fingerprint density at radius 1 is 0.862 bits per heavy atom. The van der Waals surface area contributed by atoms with Gasteiger partial charge in [-0.1, -0.05) is 18.2 Å². The lowest BCUT2D eigenvalue weighted by molar-refractivity contribution is 0.0949. The second-order valence-electron chi connectivity index (χ2n) is 6.42. The molecule has 1 heterocycles. The van der Waals surface area contributed by atoms with Crippen LogP contribution in [0, 0.1) is 5.82 Å². The monoisotopic (exact) mass is 392 g/mol. The summed E-state index contributed by atoms with van der Waals surface area (Å²) in [5.74, 6) is 0.0178. The van der Waals surface area contributed by atoms with Crippen molar-refractivity contribution < 1.29 is 23.5 Å². The van der Waals surface area contributed by atoms with Crippen LogP contribution in [-0.4, -0.2) is 18.6 Å². The average Bonchev–Trinajstić information content (AvgIpc) is 3.20. The van der Waals surface area contributed by atoms with Gasteiger partial charge in [-0.15, -0.1) is 0 Å². The molecule has 6 nitrogen and oxygen atoms in total. The number of hydrogen-bond donors (Lipinski definition) is 2. The fourth-order valence-corrected chi connectivity index (χ4v) is 2.91. The predicted molar refractivity (Wildman–Crippen MR) is 105 cm³/mol. The van der Waals surface area contributed by atoms with Crippen LogP contribution >= 0.6 is 0 Å². The molecule has 2 N–H and O–H groups in total. The lowest BCUT2D eigenvalue weighted by Crippen LogP contribution is -2.22. The van der Waals surface area contributed by atoms with Crippen molar-refractivity contribution >= 4 is 17.5 Å². The number of carbonyl (C=O) groups is 2. The number of ether oxygens (including phenoxy) is 2. The summed E-state index contributed by atoms with van der Waals surface area (Å²) in [6.07, 6.45) is 0. The molecule has 2 amide bonds. The minimum Gasteiger partial charge on any atom is -0.454 e. The number of nitrogens with one attached hydrogen (secondary N) is 2. The van der Waals surface area contributed by atoms with Crippen molar-refractivity contribution in [2.24, 2.45) is 0 Å². The largest absolute Gasteiger partial charge is 0.454 e. The van der Waals surface area contributed by atoms with Crippen molar-refractivity contribution in [3.63, 3.8) is 0 Å². The molecule has 0 spiro atoms. The molecule has 0 bridgehead atoms.